The number of para-hydroxylation sites is 2. The van der Waals surface area contributed by atoms with Gasteiger partial charge in [0.15, 0.2) is 0 Å². The number of nitrogens with zero attached hydrogens (tertiary/aromatic N) is 3. The van der Waals surface area contributed by atoms with Crippen LogP contribution < -0.4 is 0 Å². The molecule has 0 saturated carbocycles. The Morgan fingerprint density at radius 3 is 2.86 bits per heavy atom. The van der Waals surface area contributed by atoms with Crippen LogP contribution in [-0.4, -0.2) is 53.6 Å². The van der Waals surface area contributed by atoms with Crippen molar-refractivity contribution in [2.24, 2.45) is 0 Å². The molecule has 0 spiro atoms. The number of rotatable bonds is 5. The number of benzene rings is 1. The van der Waals surface area contributed by atoms with Gasteiger partial charge in [0, 0.05) is 13.6 Å². The number of hydrogen-bond donors (Lipinski definition) is 1. The van der Waals surface area contributed by atoms with E-state index in [4.69, 9.17) is 11.6 Å². The van der Waals surface area contributed by atoms with E-state index in [9.17, 15) is 13.2 Å². The SMILES string of the molecule is CN(CC(=O)N1CCC[C@H]1c1nc2ccccc2[nH]1)S(=O)(=O)c1ccc(Cl)s1. The van der Waals surface area contributed by atoms with Gasteiger partial charge in [-0.2, -0.15) is 4.31 Å². The summed E-state index contributed by atoms with van der Waals surface area (Å²) in [6.45, 7) is 0.355. The molecule has 148 valence electrons. The zero-order valence-electron chi connectivity index (χ0n) is 15.1. The molecule has 1 atom stereocenters. The molecule has 4 rings (SSSR count). The second kappa shape index (κ2) is 7.47. The van der Waals surface area contributed by atoms with Gasteiger partial charge in [-0.25, -0.2) is 13.4 Å². The van der Waals surface area contributed by atoms with Crippen molar-refractivity contribution in [3.63, 3.8) is 0 Å². The molecule has 28 heavy (non-hydrogen) atoms. The lowest BCUT2D eigenvalue weighted by atomic mass is 10.2. The molecule has 1 amide bonds. The Morgan fingerprint density at radius 1 is 1.36 bits per heavy atom. The fourth-order valence-corrected chi connectivity index (χ4v) is 6.25. The molecule has 0 radical (unpaired) electrons. The van der Waals surface area contributed by atoms with E-state index in [1.165, 1.54) is 19.2 Å². The summed E-state index contributed by atoms with van der Waals surface area (Å²) in [5.74, 6) is 0.499. The van der Waals surface area contributed by atoms with Crippen LogP contribution >= 0.6 is 22.9 Å². The summed E-state index contributed by atoms with van der Waals surface area (Å²) >= 11 is 6.83. The maximum Gasteiger partial charge on any atom is 0.252 e. The number of hydrogen-bond acceptors (Lipinski definition) is 5. The molecule has 1 fully saturated rings. The minimum absolute atomic E-state index is 0.128. The summed E-state index contributed by atoms with van der Waals surface area (Å²) in [5, 5.41) is 0. The van der Waals surface area contributed by atoms with E-state index in [-0.39, 0.29) is 22.7 Å². The third kappa shape index (κ3) is 3.55. The van der Waals surface area contributed by atoms with E-state index in [1.54, 1.807) is 4.90 Å². The number of halogens is 1. The predicted octanol–water partition coefficient (Wildman–Crippen LogP) is 3.26. The van der Waals surface area contributed by atoms with E-state index >= 15 is 0 Å². The third-order valence-corrected chi connectivity index (χ3v) is 8.37. The molecule has 1 N–H and O–H groups in total. The molecule has 0 unspecified atom stereocenters. The second-order valence-electron chi connectivity index (χ2n) is 6.70. The van der Waals surface area contributed by atoms with Crippen molar-refractivity contribution in [1.82, 2.24) is 19.2 Å². The Bertz CT molecular complexity index is 1090. The average molecular weight is 439 g/mol. The van der Waals surface area contributed by atoms with Crippen LogP contribution in [0.25, 0.3) is 11.0 Å². The first-order valence-electron chi connectivity index (χ1n) is 8.82. The maximum atomic E-state index is 12.9. The highest BCUT2D eigenvalue weighted by atomic mass is 35.5. The van der Waals surface area contributed by atoms with Crippen LogP contribution in [0.3, 0.4) is 0 Å². The molecular weight excluding hydrogens is 420 g/mol. The zero-order valence-corrected chi connectivity index (χ0v) is 17.5. The summed E-state index contributed by atoms with van der Waals surface area (Å²) in [6.07, 6.45) is 1.65. The number of aromatic amines is 1. The minimum Gasteiger partial charge on any atom is -0.340 e. The van der Waals surface area contributed by atoms with Gasteiger partial charge in [-0.1, -0.05) is 23.7 Å². The molecule has 1 aliphatic rings. The first kappa shape index (κ1) is 19.4. The Labute approximate surface area is 172 Å². The normalized spacial score (nSPS) is 17.7. The van der Waals surface area contributed by atoms with Crippen LogP contribution in [0.15, 0.2) is 40.6 Å². The van der Waals surface area contributed by atoms with E-state index in [0.29, 0.717) is 10.9 Å². The summed E-state index contributed by atoms with van der Waals surface area (Å²) in [4.78, 5) is 22.5. The number of carbonyl (C=O) groups is 1. The van der Waals surface area contributed by atoms with Crippen LogP contribution in [0.4, 0.5) is 0 Å². The van der Waals surface area contributed by atoms with E-state index in [0.717, 1.165) is 45.3 Å². The molecule has 1 aliphatic heterocycles. The molecule has 10 heteroatoms. The van der Waals surface area contributed by atoms with Crippen LogP contribution in [0.2, 0.25) is 4.34 Å². The molecule has 3 heterocycles. The summed E-state index contributed by atoms with van der Waals surface area (Å²) < 4.78 is 26.9. The molecule has 1 saturated heterocycles. The van der Waals surface area contributed by atoms with Crippen molar-refractivity contribution >= 4 is 49.9 Å². The number of sulfonamides is 1. The number of carbonyl (C=O) groups excluding carboxylic acids is 1. The number of aromatic nitrogens is 2. The van der Waals surface area contributed by atoms with Crippen molar-refractivity contribution in [2.75, 3.05) is 20.1 Å². The van der Waals surface area contributed by atoms with E-state index in [2.05, 4.69) is 9.97 Å². The summed E-state index contributed by atoms with van der Waals surface area (Å²) in [5.41, 5.74) is 1.78. The number of likely N-dealkylation sites (tertiary alicyclic amines) is 1. The monoisotopic (exact) mass is 438 g/mol. The van der Waals surface area contributed by atoms with Crippen LogP contribution in [-0.2, 0) is 14.8 Å². The number of nitrogens with one attached hydrogen (secondary N) is 1. The first-order valence-corrected chi connectivity index (χ1v) is 11.5. The van der Waals surface area contributed by atoms with Crippen LogP contribution in [0.1, 0.15) is 24.7 Å². The summed E-state index contributed by atoms with van der Waals surface area (Å²) in [6, 6.07) is 10.5. The standard InChI is InChI=1S/C18H19ClN4O3S2/c1-22(28(25,26)17-9-8-15(19)27-17)11-16(24)23-10-4-7-14(23)18-20-12-5-2-3-6-13(12)21-18/h2-3,5-6,8-9,14H,4,7,10-11H2,1H3,(H,20,21)/t14-/m0/s1. The zero-order chi connectivity index (χ0) is 19.9. The lowest BCUT2D eigenvalue weighted by Gasteiger charge is -2.25. The molecular formula is C18H19ClN4O3S2. The fraction of sp³-hybridized carbons (Fsp3) is 0.333. The number of likely N-dealkylation sites (N-methyl/N-ethyl adjacent to an activating group) is 1. The summed E-state index contributed by atoms with van der Waals surface area (Å²) in [7, 11) is -2.34. The quantitative estimate of drug-likeness (QED) is 0.662. The van der Waals surface area contributed by atoms with Crippen molar-refractivity contribution in [3.05, 3.63) is 46.6 Å². The lowest BCUT2D eigenvalue weighted by Crippen LogP contribution is -2.40. The molecule has 0 aliphatic carbocycles. The average Bonchev–Trinajstić information content (AvgIpc) is 3.39. The number of thiophene rings is 1. The molecule has 1 aromatic carbocycles. The fourth-order valence-electron chi connectivity index (χ4n) is 3.44. The first-order chi connectivity index (χ1) is 13.4. The van der Waals surface area contributed by atoms with Gasteiger partial charge in [0.25, 0.3) is 10.0 Å². The third-order valence-electron chi connectivity index (χ3n) is 4.87. The lowest BCUT2D eigenvalue weighted by molar-refractivity contribution is -0.132. The van der Waals surface area contributed by atoms with Gasteiger partial charge in [0.2, 0.25) is 5.91 Å². The number of amides is 1. The van der Waals surface area contributed by atoms with Crippen molar-refractivity contribution in [2.45, 2.75) is 23.1 Å². The Morgan fingerprint density at radius 2 is 2.14 bits per heavy atom. The Hall–Kier alpha value is -1.94. The number of H-pyrrole nitrogens is 1. The maximum absolute atomic E-state index is 12.9. The Kier molecular flexibility index (Phi) is 5.17. The van der Waals surface area contributed by atoms with Crippen molar-refractivity contribution in [1.29, 1.82) is 0 Å². The smallest absolute Gasteiger partial charge is 0.252 e. The van der Waals surface area contributed by atoms with Gasteiger partial charge in [-0.3, -0.25) is 4.79 Å². The van der Waals surface area contributed by atoms with Crippen LogP contribution in [0, 0.1) is 0 Å². The van der Waals surface area contributed by atoms with Gasteiger partial charge in [-0.05, 0) is 37.1 Å². The van der Waals surface area contributed by atoms with Gasteiger partial charge in [0.05, 0.1) is 28.0 Å². The second-order valence-corrected chi connectivity index (χ2v) is 10.7. The highest BCUT2D eigenvalue weighted by Crippen LogP contribution is 2.32. The topological polar surface area (TPSA) is 86.4 Å². The largest absolute Gasteiger partial charge is 0.340 e. The molecule has 7 nitrogen and oxygen atoms in total. The minimum atomic E-state index is -3.75. The molecule has 3 aromatic rings. The van der Waals surface area contributed by atoms with Gasteiger partial charge < -0.3 is 9.88 Å². The van der Waals surface area contributed by atoms with Crippen molar-refractivity contribution < 1.29 is 13.2 Å². The highest BCUT2D eigenvalue weighted by Gasteiger charge is 2.34. The van der Waals surface area contributed by atoms with Gasteiger partial charge in [0.1, 0.15) is 10.0 Å². The van der Waals surface area contributed by atoms with Crippen molar-refractivity contribution in [3.8, 4) is 0 Å². The number of fused-ring (bicyclic) bond motifs is 1. The van der Waals surface area contributed by atoms with E-state index < -0.39 is 10.0 Å². The molecule has 0 bridgehead atoms. The number of imidazole rings is 1. The molecule has 2 aromatic heterocycles. The van der Waals surface area contributed by atoms with Gasteiger partial charge in [-0.15, -0.1) is 11.3 Å². The van der Waals surface area contributed by atoms with Crippen LogP contribution in [0.5, 0.6) is 0 Å². The predicted molar refractivity (Wildman–Crippen MR) is 109 cm³/mol. The Balaban J connectivity index is 1.52. The van der Waals surface area contributed by atoms with E-state index in [1.807, 2.05) is 24.3 Å². The van der Waals surface area contributed by atoms with Gasteiger partial charge >= 0.3 is 0 Å². The highest BCUT2D eigenvalue weighted by molar-refractivity contribution is 7.91.